The van der Waals surface area contributed by atoms with E-state index in [2.05, 4.69) is 16.3 Å². The van der Waals surface area contributed by atoms with Crippen molar-refractivity contribution in [2.75, 3.05) is 30.3 Å². The van der Waals surface area contributed by atoms with Crippen molar-refractivity contribution in [3.05, 3.63) is 24.3 Å². The van der Waals surface area contributed by atoms with Crippen LogP contribution in [0.3, 0.4) is 0 Å². The third-order valence-corrected chi connectivity index (χ3v) is 4.02. The minimum Gasteiger partial charge on any atom is -0.444 e. The number of anilines is 2. The van der Waals surface area contributed by atoms with Crippen LogP contribution in [-0.2, 0) is 4.74 Å². The average Bonchev–Trinajstić information content (AvgIpc) is 2.46. The highest BCUT2D eigenvalue weighted by molar-refractivity contribution is 5.68. The molecule has 0 spiro atoms. The number of nitrogen functional groups attached to an aromatic ring is 1. The highest BCUT2D eigenvalue weighted by Crippen LogP contribution is 2.28. The maximum Gasteiger partial charge on any atom is 0.407 e. The third kappa shape index (κ3) is 5.66. The van der Waals surface area contributed by atoms with Crippen LogP contribution in [0, 0.1) is 5.92 Å². The Morgan fingerprint density at radius 1 is 1.39 bits per heavy atom. The molecule has 23 heavy (non-hydrogen) atoms. The summed E-state index contributed by atoms with van der Waals surface area (Å²) in [6, 6.07) is 8.02. The molecule has 0 aromatic heterocycles. The highest BCUT2D eigenvalue weighted by atomic mass is 16.6. The molecule has 1 saturated heterocycles. The topological polar surface area (TPSA) is 67.6 Å². The molecule has 0 aliphatic carbocycles. The second-order valence-corrected chi connectivity index (χ2v) is 7.23. The van der Waals surface area contributed by atoms with Crippen molar-refractivity contribution in [1.82, 2.24) is 5.32 Å². The molecule has 1 aromatic carbocycles. The first kappa shape index (κ1) is 17.4. The largest absolute Gasteiger partial charge is 0.444 e. The van der Waals surface area contributed by atoms with Crippen LogP contribution in [0.15, 0.2) is 24.3 Å². The fraction of sp³-hybridized carbons (Fsp3) is 0.611. The van der Waals surface area contributed by atoms with Crippen LogP contribution in [0.1, 0.15) is 40.0 Å². The summed E-state index contributed by atoms with van der Waals surface area (Å²) in [6.45, 7) is 8.30. The van der Waals surface area contributed by atoms with Gasteiger partial charge in [0.05, 0.1) is 11.4 Å². The Morgan fingerprint density at radius 3 is 2.83 bits per heavy atom. The number of rotatable bonds is 4. The quantitative estimate of drug-likeness (QED) is 0.835. The van der Waals surface area contributed by atoms with Crippen molar-refractivity contribution >= 4 is 17.5 Å². The second kappa shape index (κ2) is 7.57. The number of nitrogens with two attached hydrogens (primary N) is 1. The number of piperidine rings is 1. The number of nitrogens with one attached hydrogen (secondary N) is 1. The van der Waals surface area contributed by atoms with Crippen LogP contribution in [0.25, 0.3) is 0 Å². The van der Waals surface area contributed by atoms with Crippen LogP contribution >= 0.6 is 0 Å². The summed E-state index contributed by atoms with van der Waals surface area (Å²) < 4.78 is 5.26. The molecular formula is C18H29N3O2. The number of hydrogen-bond donors (Lipinski definition) is 2. The molecule has 1 aromatic rings. The number of alkyl carbamates (subject to hydrolysis) is 1. The molecule has 5 heteroatoms. The van der Waals surface area contributed by atoms with Crippen LogP contribution < -0.4 is 16.0 Å². The van der Waals surface area contributed by atoms with Gasteiger partial charge in [-0.1, -0.05) is 12.1 Å². The molecule has 0 bridgehead atoms. The molecule has 5 nitrogen and oxygen atoms in total. The normalized spacial score (nSPS) is 18.6. The molecule has 0 radical (unpaired) electrons. The van der Waals surface area contributed by atoms with E-state index in [1.165, 1.54) is 6.42 Å². The lowest BCUT2D eigenvalue weighted by atomic mass is 9.94. The van der Waals surface area contributed by atoms with Gasteiger partial charge in [0.15, 0.2) is 0 Å². The summed E-state index contributed by atoms with van der Waals surface area (Å²) in [5, 5.41) is 2.85. The minimum atomic E-state index is -0.448. The van der Waals surface area contributed by atoms with Gasteiger partial charge in [-0.2, -0.15) is 0 Å². The van der Waals surface area contributed by atoms with Gasteiger partial charge in [0.1, 0.15) is 5.60 Å². The number of para-hydroxylation sites is 2. The lowest BCUT2D eigenvalue weighted by Crippen LogP contribution is -2.38. The van der Waals surface area contributed by atoms with Gasteiger partial charge in [0.25, 0.3) is 0 Å². The third-order valence-electron chi connectivity index (χ3n) is 4.02. The van der Waals surface area contributed by atoms with Crippen LogP contribution in [0.5, 0.6) is 0 Å². The SMILES string of the molecule is CC(C)(C)OC(=O)NCCC1CCCN(c2ccccc2N)C1. The summed E-state index contributed by atoms with van der Waals surface area (Å²) in [4.78, 5) is 14.0. The molecule has 1 unspecified atom stereocenters. The van der Waals surface area contributed by atoms with Gasteiger partial charge in [0.2, 0.25) is 0 Å². The molecule has 1 amide bonds. The molecule has 1 aliphatic heterocycles. The smallest absolute Gasteiger partial charge is 0.407 e. The van der Waals surface area contributed by atoms with Gasteiger partial charge < -0.3 is 20.7 Å². The first-order valence-corrected chi connectivity index (χ1v) is 8.41. The fourth-order valence-corrected chi connectivity index (χ4v) is 2.99. The van der Waals surface area contributed by atoms with E-state index in [1.807, 2.05) is 39.0 Å². The molecule has 2 rings (SSSR count). The Balaban J connectivity index is 1.79. The minimum absolute atomic E-state index is 0.336. The lowest BCUT2D eigenvalue weighted by Gasteiger charge is -2.35. The average molecular weight is 319 g/mol. The molecule has 1 heterocycles. The second-order valence-electron chi connectivity index (χ2n) is 7.23. The molecule has 128 valence electrons. The molecule has 1 fully saturated rings. The zero-order valence-corrected chi connectivity index (χ0v) is 14.5. The fourth-order valence-electron chi connectivity index (χ4n) is 2.99. The van der Waals surface area contributed by atoms with Crippen molar-refractivity contribution in [2.45, 2.75) is 45.6 Å². The van der Waals surface area contributed by atoms with Crippen LogP contribution in [-0.4, -0.2) is 31.3 Å². The van der Waals surface area contributed by atoms with Crippen molar-refractivity contribution in [3.8, 4) is 0 Å². The predicted octanol–water partition coefficient (Wildman–Crippen LogP) is 3.40. The lowest BCUT2D eigenvalue weighted by molar-refractivity contribution is 0.0524. The molecule has 1 aliphatic rings. The summed E-state index contributed by atoms with van der Waals surface area (Å²) in [6.07, 6.45) is 2.98. The maximum atomic E-state index is 11.7. The van der Waals surface area contributed by atoms with E-state index in [-0.39, 0.29) is 6.09 Å². The Labute approximate surface area is 139 Å². The first-order valence-electron chi connectivity index (χ1n) is 8.41. The van der Waals surface area contributed by atoms with Gasteiger partial charge in [-0.15, -0.1) is 0 Å². The van der Waals surface area contributed by atoms with Crippen molar-refractivity contribution in [2.24, 2.45) is 5.92 Å². The summed E-state index contributed by atoms with van der Waals surface area (Å²) in [5.74, 6) is 0.568. The Hall–Kier alpha value is -1.91. The number of benzene rings is 1. The van der Waals surface area contributed by atoms with E-state index in [0.717, 1.165) is 37.3 Å². The van der Waals surface area contributed by atoms with Crippen molar-refractivity contribution < 1.29 is 9.53 Å². The van der Waals surface area contributed by atoms with Crippen LogP contribution in [0.4, 0.5) is 16.2 Å². The number of amides is 1. The van der Waals surface area contributed by atoms with Crippen molar-refractivity contribution in [3.63, 3.8) is 0 Å². The molecule has 0 saturated carbocycles. The predicted molar refractivity (Wildman–Crippen MR) is 94.6 cm³/mol. The summed E-state index contributed by atoms with van der Waals surface area (Å²) in [5.41, 5.74) is 7.59. The van der Waals surface area contributed by atoms with E-state index in [4.69, 9.17) is 10.5 Å². The number of ether oxygens (including phenoxy) is 1. The van der Waals surface area contributed by atoms with Crippen LogP contribution in [0.2, 0.25) is 0 Å². The van der Waals surface area contributed by atoms with E-state index in [9.17, 15) is 4.79 Å². The Morgan fingerprint density at radius 2 is 2.13 bits per heavy atom. The monoisotopic (exact) mass is 319 g/mol. The Bertz CT molecular complexity index is 525. The van der Waals surface area contributed by atoms with E-state index >= 15 is 0 Å². The van der Waals surface area contributed by atoms with Crippen molar-refractivity contribution in [1.29, 1.82) is 0 Å². The maximum absolute atomic E-state index is 11.7. The number of carbonyl (C=O) groups excluding carboxylic acids is 1. The Kier molecular flexibility index (Phi) is 5.74. The number of hydrogen-bond acceptors (Lipinski definition) is 4. The van der Waals surface area contributed by atoms with E-state index < -0.39 is 5.60 Å². The first-order chi connectivity index (χ1) is 10.8. The molecule has 3 N–H and O–H groups in total. The van der Waals surface area contributed by atoms with Gasteiger partial charge in [-0.3, -0.25) is 0 Å². The summed E-state index contributed by atoms with van der Waals surface area (Å²) >= 11 is 0. The molecular weight excluding hydrogens is 290 g/mol. The number of carbonyl (C=O) groups is 1. The molecule has 1 atom stereocenters. The number of nitrogens with zero attached hydrogens (tertiary/aromatic N) is 1. The van der Waals surface area contributed by atoms with E-state index in [1.54, 1.807) is 0 Å². The van der Waals surface area contributed by atoms with Gasteiger partial charge in [-0.05, 0) is 58.1 Å². The zero-order valence-electron chi connectivity index (χ0n) is 14.5. The standard InChI is InChI=1S/C18H29N3O2/c1-18(2,3)23-17(22)20-11-10-14-7-6-12-21(13-14)16-9-5-4-8-15(16)19/h4-5,8-9,14H,6-7,10-13,19H2,1-3H3,(H,20,22). The van der Waals surface area contributed by atoms with Gasteiger partial charge in [0, 0.05) is 19.6 Å². The summed E-state index contributed by atoms with van der Waals surface area (Å²) in [7, 11) is 0. The van der Waals surface area contributed by atoms with E-state index in [0.29, 0.717) is 12.5 Å². The van der Waals surface area contributed by atoms with Gasteiger partial charge in [-0.25, -0.2) is 4.79 Å². The highest BCUT2D eigenvalue weighted by Gasteiger charge is 2.22. The van der Waals surface area contributed by atoms with Gasteiger partial charge >= 0.3 is 6.09 Å². The zero-order chi connectivity index (χ0) is 16.9.